The van der Waals surface area contributed by atoms with Crippen molar-refractivity contribution < 1.29 is 19.1 Å². The minimum absolute atomic E-state index is 0.256. The molecule has 0 spiro atoms. The molecule has 0 aliphatic carbocycles. The number of nitrogens with one attached hydrogen (secondary N) is 1. The Labute approximate surface area is 109 Å². The Bertz CT molecular complexity index is 292. The Morgan fingerprint density at radius 2 is 1.67 bits per heavy atom. The number of hydrogen-bond acceptors (Lipinski definition) is 4. The number of carbonyl (C=O) groups is 2. The molecule has 0 aliphatic heterocycles. The molecule has 0 aliphatic rings. The van der Waals surface area contributed by atoms with Crippen molar-refractivity contribution in [3.05, 3.63) is 0 Å². The number of esters is 1. The van der Waals surface area contributed by atoms with Gasteiger partial charge >= 0.3 is 12.1 Å². The van der Waals surface area contributed by atoms with Crippen LogP contribution in [0.5, 0.6) is 0 Å². The van der Waals surface area contributed by atoms with Crippen LogP contribution >= 0.6 is 0 Å². The van der Waals surface area contributed by atoms with Crippen molar-refractivity contribution in [1.29, 1.82) is 0 Å². The van der Waals surface area contributed by atoms with E-state index in [4.69, 9.17) is 9.47 Å². The molecule has 0 saturated carbocycles. The normalized spacial score (nSPS) is 11.9. The van der Waals surface area contributed by atoms with Crippen LogP contribution in [0.1, 0.15) is 48.0 Å². The monoisotopic (exact) mass is 259 g/mol. The minimum atomic E-state index is -0.518. The highest BCUT2D eigenvalue weighted by Crippen LogP contribution is 2.20. The van der Waals surface area contributed by atoms with E-state index in [-0.39, 0.29) is 17.8 Å². The molecular formula is C13H25NO4. The molecule has 0 heterocycles. The van der Waals surface area contributed by atoms with Crippen LogP contribution in [-0.4, -0.2) is 30.8 Å². The number of carbonyl (C=O) groups excluding carboxylic acids is 2. The highest BCUT2D eigenvalue weighted by atomic mass is 16.6. The van der Waals surface area contributed by atoms with Crippen LogP contribution in [0, 0.1) is 5.41 Å². The standard InChI is InChI=1S/C13H25NO4/c1-7-17-10(15)8-13(5,6)9-14-11(16)18-12(2,3)4/h7-9H2,1-6H3,(H,14,16). The van der Waals surface area contributed by atoms with E-state index in [0.29, 0.717) is 13.2 Å². The summed E-state index contributed by atoms with van der Waals surface area (Å²) in [6.45, 7) is 11.7. The van der Waals surface area contributed by atoms with Gasteiger partial charge in [-0.05, 0) is 33.1 Å². The summed E-state index contributed by atoms with van der Waals surface area (Å²) in [4.78, 5) is 22.8. The number of amides is 1. The predicted octanol–water partition coefficient (Wildman–Crippen LogP) is 2.49. The van der Waals surface area contributed by atoms with Crippen LogP contribution in [0.3, 0.4) is 0 Å². The molecule has 0 fully saturated rings. The van der Waals surface area contributed by atoms with Gasteiger partial charge in [0.05, 0.1) is 13.0 Å². The summed E-state index contributed by atoms with van der Waals surface area (Å²) in [5.41, 5.74) is -0.876. The van der Waals surface area contributed by atoms with Crippen molar-refractivity contribution in [2.75, 3.05) is 13.2 Å². The van der Waals surface area contributed by atoms with Crippen LogP contribution < -0.4 is 5.32 Å². The summed E-state index contributed by atoms with van der Waals surface area (Å²) in [6, 6.07) is 0. The molecule has 0 rings (SSSR count). The first-order valence-corrected chi connectivity index (χ1v) is 6.18. The van der Waals surface area contributed by atoms with Gasteiger partial charge in [-0.1, -0.05) is 13.8 Å². The smallest absolute Gasteiger partial charge is 0.407 e. The molecule has 0 saturated heterocycles. The second kappa shape index (κ2) is 6.61. The Morgan fingerprint density at radius 3 is 2.11 bits per heavy atom. The van der Waals surface area contributed by atoms with Crippen molar-refractivity contribution in [3.8, 4) is 0 Å². The van der Waals surface area contributed by atoms with E-state index < -0.39 is 11.7 Å². The first-order chi connectivity index (χ1) is 8.06. The van der Waals surface area contributed by atoms with Crippen LogP contribution in [0.25, 0.3) is 0 Å². The van der Waals surface area contributed by atoms with Crippen LogP contribution in [-0.2, 0) is 14.3 Å². The van der Waals surface area contributed by atoms with Crippen molar-refractivity contribution in [1.82, 2.24) is 5.32 Å². The van der Waals surface area contributed by atoms with Crippen molar-refractivity contribution in [2.45, 2.75) is 53.6 Å². The Balaban J connectivity index is 4.10. The van der Waals surface area contributed by atoms with Gasteiger partial charge in [-0.2, -0.15) is 0 Å². The van der Waals surface area contributed by atoms with E-state index in [2.05, 4.69) is 5.32 Å². The van der Waals surface area contributed by atoms with Crippen molar-refractivity contribution in [3.63, 3.8) is 0 Å². The summed E-state index contributed by atoms with van der Waals surface area (Å²) in [5, 5.41) is 2.66. The van der Waals surface area contributed by atoms with Gasteiger partial charge in [0.15, 0.2) is 0 Å². The Hall–Kier alpha value is -1.26. The fourth-order valence-electron chi connectivity index (χ4n) is 1.29. The summed E-state index contributed by atoms with van der Waals surface area (Å²) in [6.07, 6.45) is -0.212. The molecule has 5 heteroatoms. The molecular weight excluding hydrogens is 234 g/mol. The number of hydrogen-bond donors (Lipinski definition) is 1. The molecule has 0 aromatic rings. The van der Waals surface area contributed by atoms with Crippen LogP contribution in [0.4, 0.5) is 4.79 Å². The first-order valence-electron chi connectivity index (χ1n) is 6.18. The summed E-state index contributed by atoms with van der Waals surface area (Å²) >= 11 is 0. The largest absolute Gasteiger partial charge is 0.466 e. The zero-order valence-corrected chi connectivity index (χ0v) is 12.3. The average molecular weight is 259 g/mol. The Morgan fingerprint density at radius 1 is 1.11 bits per heavy atom. The maximum atomic E-state index is 11.5. The summed E-state index contributed by atoms with van der Waals surface area (Å²) < 4.78 is 10.0. The molecule has 0 bridgehead atoms. The minimum Gasteiger partial charge on any atom is -0.466 e. The molecule has 0 atom stereocenters. The molecule has 1 amide bonds. The quantitative estimate of drug-likeness (QED) is 0.770. The summed E-state index contributed by atoms with van der Waals surface area (Å²) in [5.74, 6) is -0.256. The fourth-order valence-corrected chi connectivity index (χ4v) is 1.29. The average Bonchev–Trinajstić information content (AvgIpc) is 2.11. The maximum absolute atomic E-state index is 11.5. The van der Waals surface area contributed by atoms with E-state index in [9.17, 15) is 9.59 Å². The van der Waals surface area contributed by atoms with Crippen LogP contribution in [0.15, 0.2) is 0 Å². The van der Waals surface area contributed by atoms with Gasteiger partial charge in [0, 0.05) is 6.54 Å². The molecule has 0 aromatic carbocycles. The van der Waals surface area contributed by atoms with Gasteiger partial charge in [0.2, 0.25) is 0 Å². The predicted molar refractivity (Wildman–Crippen MR) is 69.3 cm³/mol. The zero-order valence-electron chi connectivity index (χ0n) is 12.3. The van der Waals surface area contributed by atoms with E-state index in [1.54, 1.807) is 27.7 Å². The van der Waals surface area contributed by atoms with Crippen molar-refractivity contribution >= 4 is 12.1 Å². The van der Waals surface area contributed by atoms with E-state index in [1.807, 2.05) is 13.8 Å². The zero-order chi connectivity index (χ0) is 14.4. The molecule has 0 radical (unpaired) electrons. The molecule has 1 N–H and O–H groups in total. The third-order valence-electron chi connectivity index (χ3n) is 2.04. The molecule has 106 valence electrons. The van der Waals surface area contributed by atoms with Crippen LogP contribution in [0.2, 0.25) is 0 Å². The maximum Gasteiger partial charge on any atom is 0.407 e. The van der Waals surface area contributed by atoms with Gasteiger partial charge in [-0.25, -0.2) is 4.79 Å². The fraction of sp³-hybridized carbons (Fsp3) is 0.846. The van der Waals surface area contributed by atoms with Crippen molar-refractivity contribution in [2.24, 2.45) is 5.41 Å². The lowest BCUT2D eigenvalue weighted by atomic mass is 9.89. The molecule has 18 heavy (non-hydrogen) atoms. The highest BCUT2D eigenvalue weighted by Gasteiger charge is 2.25. The van der Waals surface area contributed by atoms with E-state index >= 15 is 0 Å². The molecule has 5 nitrogen and oxygen atoms in total. The first kappa shape index (κ1) is 16.7. The molecule has 0 unspecified atom stereocenters. The van der Waals surface area contributed by atoms with E-state index in [0.717, 1.165) is 0 Å². The highest BCUT2D eigenvalue weighted by molar-refractivity contribution is 5.71. The second-order valence-corrected chi connectivity index (χ2v) is 6.00. The van der Waals surface area contributed by atoms with E-state index in [1.165, 1.54) is 0 Å². The lowest BCUT2D eigenvalue weighted by Gasteiger charge is -2.25. The van der Waals surface area contributed by atoms with Gasteiger partial charge in [0.1, 0.15) is 5.60 Å². The third kappa shape index (κ3) is 8.84. The topological polar surface area (TPSA) is 64.6 Å². The Kier molecular flexibility index (Phi) is 6.15. The number of alkyl carbamates (subject to hydrolysis) is 1. The SMILES string of the molecule is CCOC(=O)CC(C)(C)CNC(=O)OC(C)(C)C. The number of ether oxygens (including phenoxy) is 2. The molecule has 0 aromatic heterocycles. The van der Waals surface area contributed by atoms with Gasteiger partial charge < -0.3 is 14.8 Å². The van der Waals surface area contributed by atoms with Gasteiger partial charge in [0.25, 0.3) is 0 Å². The summed E-state index contributed by atoms with van der Waals surface area (Å²) in [7, 11) is 0. The number of rotatable bonds is 5. The third-order valence-corrected chi connectivity index (χ3v) is 2.04. The lowest BCUT2D eigenvalue weighted by molar-refractivity contribution is -0.145. The van der Waals surface area contributed by atoms with Gasteiger partial charge in [-0.3, -0.25) is 4.79 Å². The lowest BCUT2D eigenvalue weighted by Crippen LogP contribution is -2.39. The van der Waals surface area contributed by atoms with Gasteiger partial charge in [-0.15, -0.1) is 0 Å². The second-order valence-electron chi connectivity index (χ2n) is 6.00.